The first-order chi connectivity index (χ1) is 13.4. The first-order valence-electron chi connectivity index (χ1n) is 9.69. The monoisotopic (exact) mass is 376 g/mol. The molecule has 0 aliphatic rings. The van der Waals surface area contributed by atoms with Crippen molar-refractivity contribution in [1.29, 1.82) is 0 Å². The molecule has 0 aliphatic carbocycles. The van der Waals surface area contributed by atoms with Crippen molar-refractivity contribution in [3.8, 4) is 5.75 Å². The van der Waals surface area contributed by atoms with Gasteiger partial charge in [-0.05, 0) is 41.0 Å². The van der Waals surface area contributed by atoms with E-state index < -0.39 is 0 Å². The van der Waals surface area contributed by atoms with Gasteiger partial charge in [-0.15, -0.1) is 0 Å². The van der Waals surface area contributed by atoms with Crippen LogP contribution in [0.25, 0.3) is 10.8 Å². The van der Waals surface area contributed by atoms with E-state index in [1.54, 1.807) is 0 Å². The van der Waals surface area contributed by atoms with Crippen LogP contribution >= 0.6 is 0 Å². The van der Waals surface area contributed by atoms with Gasteiger partial charge in [0.1, 0.15) is 5.75 Å². The van der Waals surface area contributed by atoms with Crippen molar-refractivity contribution in [2.24, 2.45) is 0 Å². The number of nitrogens with one attached hydrogen (secondary N) is 2. The van der Waals surface area contributed by atoms with Gasteiger partial charge in [0, 0.05) is 11.9 Å². The molecule has 0 spiro atoms. The first-order valence-corrected chi connectivity index (χ1v) is 9.69. The van der Waals surface area contributed by atoms with Crippen LogP contribution in [0.15, 0.2) is 66.7 Å². The first kappa shape index (κ1) is 19.7. The number of benzene rings is 3. The highest BCUT2D eigenvalue weighted by molar-refractivity contribution is 6.01. The Hall–Kier alpha value is -3.01. The summed E-state index contributed by atoms with van der Waals surface area (Å²) < 4.78 is 5.76. The molecule has 0 aromatic heterocycles. The van der Waals surface area contributed by atoms with Gasteiger partial charge in [-0.3, -0.25) is 0 Å². The lowest BCUT2D eigenvalue weighted by molar-refractivity contribution is 0.250. The standard InChI is InChI=1S/C24H28N2O2/c1-24(2,3)19-12-14-20(15-13-19)28-17-7-16-25-23(27)26-22-11-6-9-18-8-4-5-10-21(18)22/h4-6,8-15H,7,16-17H2,1-3H3,(H2,25,26,27). The van der Waals surface area contributed by atoms with Crippen molar-refractivity contribution < 1.29 is 9.53 Å². The highest BCUT2D eigenvalue weighted by Crippen LogP contribution is 2.24. The van der Waals surface area contributed by atoms with Gasteiger partial charge in [-0.1, -0.05) is 69.3 Å². The highest BCUT2D eigenvalue weighted by atomic mass is 16.5. The maximum atomic E-state index is 12.2. The van der Waals surface area contributed by atoms with Crippen molar-refractivity contribution >= 4 is 22.5 Å². The smallest absolute Gasteiger partial charge is 0.319 e. The zero-order valence-electron chi connectivity index (χ0n) is 16.8. The summed E-state index contributed by atoms with van der Waals surface area (Å²) in [5, 5.41) is 7.94. The molecular formula is C24H28N2O2. The van der Waals surface area contributed by atoms with E-state index in [1.165, 1.54) is 5.56 Å². The molecule has 0 heterocycles. The van der Waals surface area contributed by atoms with Gasteiger partial charge < -0.3 is 15.4 Å². The fraction of sp³-hybridized carbons (Fsp3) is 0.292. The number of amides is 2. The number of ether oxygens (including phenoxy) is 1. The van der Waals surface area contributed by atoms with Crippen molar-refractivity contribution in [2.45, 2.75) is 32.6 Å². The van der Waals surface area contributed by atoms with Crippen molar-refractivity contribution in [3.05, 3.63) is 72.3 Å². The molecule has 0 fully saturated rings. The van der Waals surface area contributed by atoms with Crippen LogP contribution in [0.4, 0.5) is 10.5 Å². The molecule has 2 amide bonds. The maximum Gasteiger partial charge on any atom is 0.319 e. The SMILES string of the molecule is CC(C)(C)c1ccc(OCCCNC(=O)Nc2cccc3ccccc23)cc1. The lowest BCUT2D eigenvalue weighted by atomic mass is 9.87. The van der Waals surface area contributed by atoms with Crippen molar-refractivity contribution in [2.75, 3.05) is 18.5 Å². The summed E-state index contributed by atoms with van der Waals surface area (Å²) >= 11 is 0. The Morgan fingerprint density at radius 1 is 0.929 bits per heavy atom. The molecule has 2 N–H and O–H groups in total. The molecule has 0 saturated carbocycles. The van der Waals surface area contributed by atoms with E-state index in [0.29, 0.717) is 13.2 Å². The minimum Gasteiger partial charge on any atom is -0.494 e. The second-order valence-corrected chi connectivity index (χ2v) is 7.88. The van der Waals surface area contributed by atoms with E-state index in [2.05, 4.69) is 43.5 Å². The van der Waals surface area contributed by atoms with Gasteiger partial charge in [0.05, 0.1) is 12.3 Å². The predicted molar refractivity (Wildman–Crippen MR) is 116 cm³/mol. The molecular weight excluding hydrogens is 348 g/mol. The molecule has 4 heteroatoms. The topological polar surface area (TPSA) is 50.4 Å². The van der Waals surface area contributed by atoms with Crippen LogP contribution in [-0.4, -0.2) is 19.2 Å². The third kappa shape index (κ3) is 5.26. The van der Waals surface area contributed by atoms with E-state index in [0.717, 1.165) is 28.6 Å². The normalized spacial score (nSPS) is 11.2. The summed E-state index contributed by atoms with van der Waals surface area (Å²) in [6.45, 7) is 7.69. The maximum absolute atomic E-state index is 12.2. The van der Waals surface area contributed by atoms with Crippen molar-refractivity contribution in [1.82, 2.24) is 5.32 Å². The molecule has 3 rings (SSSR count). The minimum absolute atomic E-state index is 0.139. The summed E-state index contributed by atoms with van der Waals surface area (Å²) in [7, 11) is 0. The average molecular weight is 377 g/mol. The summed E-state index contributed by atoms with van der Waals surface area (Å²) in [5.74, 6) is 0.855. The molecule has 0 radical (unpaired) electrons. The summed E-state index contributed by atoms with van der Waals surface area (Å²) in [5.41, 5.74) is 2.23. The Morgan fingerprint density at radius 3 is 2.39 bits per heavy atom. The van der Waals surface area contributed by atoms with E-state index in [4.69, 9.17) is 4.74 Å². The molecule has 28 heavy (non-hydrogen) atoms. The van der Waals surface area contributed by atoms with Crippen LogP contribution in [0.5, 0.6) is 5.75 Å². The van der Waals surface area contributed by atoms with Crippen LogP contribution in [0.3, 0.4) is 0 Å². The second kappa shape index (κ2) is 8.79. The average Bonchev–Trinajstić information content (AvgIpc) is 2.68. The number of anilines is 1. The summed E-state index contributed by atoms with van der Waals surface area (Å²) in [6, 6.07) is 21.9. The fourth-order valence-corrected chi connectivity index (χ4v) is 3.02. The zero-order chi connectivity index (χ0) is 20.0. The molecule has 0 saturated heterocycles. The number of urea groups is 1. The van der Waals surface area contributed by atoms with Gasteiger partial charge in [0.15, 0.2) is 0 Å². The van der Waals surface area contributed by atoms with E-state index in [1.807, 2.05) is 54.6 Å². The molecule has 0 atom stereocenters. The quantitative estimate of drug-likeness (QED) is 0.540. The molecule has 4 nitrogen and oxygen atoms in total. The molecule has 0 unspecified atom stereocenters. The third-order valence-corrected chi connectivity index (χ3v) is 4.63. The number of carbonyl (C=O) groups excluding carboxylic acids is 1. The highest BCUT2D eigenvalue weighted by Gasteiger charge is 2.12. The van der Waals surface area contributed by atoms with Crippen LogP contribution < -0.4 is 15.4 Å². The Kier molecular flexibility index (Phi) is 6.19. The summed E-state index contributed by atoms with van der Waals surface area (Å²) in [4.78, 5) is 12.2. The Labute approximate surface area is 166 Å². The Balaban J connectivity index is 1.41. The zero-order valence-corrected chi connectivity index (χ0v) is 16.8. The van der Waals surface area contributed by atoms with Gasteiger partial charge in [0.25, 0.3) is 0 Å². The number of hydrogen-bond donors (Lipinski definition) is 2. The van der Waals surface area contributed by atoms with Crippen LogP contribution in [0, 0.1) is 0 Å². The van der Waals surface area contributed by atoms with Crippen molar-refractivity contribution in [3.63, 3.8) is 0 Å². The Morgan fingerprint density at radius 2 is 1.64 bits per heavy atom. The predicted octanol–water partition coefficient (Wildman–Crippen LogP) is 5.73. The number of carbonyl (C=O) groups is 1. The van der Waals surface area contributed by atoms with E-state index in [-0.39, 0.29) is 11.4 Å². The van der Waals surface area contributed by atoms with E-state index in [9.17, 15) is 4.79 Å². The van der Waals surface area contributed by atoms with E-state index >= 15 is 0 Å². The van der Waals surface area contributed by atoms with Gasteiger partial charge in [0.2, 0.25) is 0 Å². The number of fused-ring (bicyclic) bond motifs is 1. The largest absolute Gasteiger partial charge is 0.494 e. The molecule has 0 aliphatic heterocycles. The fourth-order valence-electron chi connectivity index (χ4n) is 3.02. The molecule has 3 aromatic carbocycles. The molecule has 0 bridgehead atoms. The van der Waals surface area contributed by atoms with Crippen LogP contribution in [-0.2, 0) is 5.41 Å². The third-order valence-electron chi connectivity index (χ3n) is 4.63. The minimum atomic E-state index is -0.203. The second-order valence-electron chi connectivity index (χ2n) is 7.88. The lowest BCUT2D eigenvalue weighted by Crippen LogP contribution is -2.30. The lowest BCUT2D eigenvalue weighted by Gasteiger charge is -2.19. The summed E-state index contributed by atoms with van der Waals surface area (Å²) in [6.07, 6.45) is 0.740. The number of hydrogen-bond acceptors (Lipinski definition) is 2. The number of rotatable bonds is 6. The van der Waals surface area contributed by atoms with Gasteiger partial charge in [-0.25, -0.2) is 4.79 Å². The van der Waals surface area contributed by atoms with Gasteiger partial charge in [-0.2, -0.15) is 0 Å². The molecule has 3 aromatic rings. The van der Waals surface area contributed by atoms with Gasteiger partial charge >= 0.3 is 6.03 Å². The van der Waals surface area contributed by atoms with Crippen LogP contribution in [0.2, 0.25) is 0 Å². The Bertz CT molecular complexity index is 922. The van der Waals surface area contributed by atoms with Crippen LogP contribution in [0.1, 0.15) is 32.8 Å². The molecule has 146 valence electrons.